The van der Waals surface area contributed by atoms with Crippen LogP contribution in [0.2, 0.25) is 0 Å². The molecular formula is C31H53NO7S. The summed E-state index contributed by atoms with van der Waals surface area (Å²) in [6.45, 7) is 19.3. The van der Waals surface area contributed by atoms with Crippen molar-refractivity contribution in [2.24, 2.45) is 29.1 Å². The second-order valence-corrected chi connectivity index (χ2v) is 14.7. The Bertz CT molecular complexity index is 887. The van der Waals surface area contributed by atoms with Gasteiger partial charge in [-0.3, -0.25) is 9.59 Å². The number of carbonyl (C=O) groups is 3. The van der Waals surface area contributed by atoms with Crippen molar-refractivity contribution >= 4 is 29.6 Å². The number of alkyl carbamates (subject to hydrolysis) is 1. The van der Waals surface area contributed by atoms with Gasteiger partial charge in [0.25, 0.3) is 0 Å². The fourth-order valence-corrected chi connectivity index (χ4v) is 7.10. The smallest absolute Gasteiger partial charge is 0.407 e. The van der Waals surface area contributed by atoms with Crippen LogP contribution in [-0.2, 0) is 19.1 Å². The van der Waals surface area contributed by atoms with Crippen LogP contribution in [0.25, 0.3) is 0 Å². The van der Waals surface area contributed by atoms with Gasteiger partial charge in [0.15, 0.2) is 0 Å². The Kier molecular flexibility index (Phi) is 12.6. The maximum atomic E-state index is 12.9. The van der Waals surface area contributed by atoms with E-state index in [0.717, 1.165) is 6.42 Å². The first-order valence-corrected chi connectivity index (χ1v) is 15.8. The van der Waals surface area contributed by atoms with Crippen LogP contribution in [0.15, 0.2) is 12.7 Å². The first kappa shape index (κ1) is 34.6. The van der Waals surface area contributed by atoms with Crippen molar-refractivity contribution in [2.45, 2.75) is 129 Å². The highest BCUT2D eigenvalue weighted by atomic mass is 32.2. The molecule has 0 spiro atoms. The summed E-state index contributed by atoms with van der Waals surface area (Å²) in [5.74, 6) is 0.0166. The highest BCUT2D eigenvalue weighted by Crippen LogP contribution is 2.43. The third-order valence-corrected chi connectivity index (χ3v) is 10.1. The van der Waals surface area contributed by atoms with E-state index in [4.69, 9.17) is 9.47 Å². The number of amides is 1. The lowest BCUT2D eigenvalue weighted by molar-refractivity contribution is -0.151. The maximum Gasteiger partial charge on any atom is 0.407 e. The van der Waals surface area contributed by atoms with Crippen LogP contribution in [0.4, 0.5) is 4.79 Å². The molecule has 8 nitrogen and oxygen atoms in total. The van der Waals surface area contributed by atoms with Gasteiger partial charge in [0.05, 0.1) is 18.0 Å². The van der Waals surface area contributed by atoms with Crippen molar-refractivity contribution in [3.05, 3.63) is 12.7 Å². The Morgan fingerprint density at radius 2 is 1.82 bits per heavy atom. The molecule has 40 heavy (non-hydrogen) atoms. The van der Waals surface area contributed by atoms with Crippen LogP contribution in [0.3, 0.4) is 0 Å². The van der Waals surface area contributed by atoms with E-state index in [-0.39, 0.29) is 52.5 Å². The monoisotopic (exact) mass is 583 g/mol. The van der Waals surface area contributed by atoms with Gasteiger partial charge in [0.2, 0.25) is 0 Å². The molecule has 2 aliphatic carbocycles. The standard InChI is InChI=1S/C31H53NO7S/c1-10-31(9,28(36)20(5)22-12-13-23(33)19(22)4)16-25(18(2)3)38-27(35)17-40-26-14-11-21(15-24(26)34)32-29(37)39-30(6,7)8/h10,18-22,24-26,28,34,36H,1,11-17H2,2-9H3,(H,32,37)/t19?,20-,21+,22+,24+,25-,26+,28+,31-/m1/s1. The highest BCUT2D eigenvalue weighted by Gasteiger charge is 2.44. The maximum absolute atomic E-state index is 12.9. The number of esters is 1. The summed E-state index contributed by atoms with van der Waals surface area (Å²) in [4.78, 5) is 37.1. The molecule has 230 valence electrons. The largest absolute Gasteiger partial charge is 0.461 e. The molecule has 0 heterocycles. The van der Waals surface area contributed by atoms with Gasteiger partial charge < -0.3 is 25.0 Å². The Morgan fingerprint density at radius 3 is 2.33 bits per heavy atom. The fraction of sp³-hybridized carbons (Fsp3) is 0.839. The summed E-state index contributed by atoms with van der Waals surface area (Å²) in [5, 5.41) is 24.8. The molecule has 0 bridgehead atoms. The molecule has 9 heteroatoms. The fourth-order valence-electron chi connectivity index (χ4n) is 6.05. The molecule has 1 amide bonds. The number of carbonyl (C=O) groups excluding carboxylic acids is 3. The molecule has 9 atom stereocenters. The second kappa shape index (κ2) is 14.5. The van der Waals surface area contributed by atoms with E-state index in [0.29, 0.717) is 32.1 Å². The van der Waals surface area contributed by atoms with Gasteiger partial charge in [0.1, 0.15) is 17.5 Å². The molecule has 1 unspecified atom stereocenters. The molecule has 0 aliphatic heterocycles. The Labute approximate surface area is 245 Å². The number of thioether (sulfide) groups is 1. The highest BCUT2D eigenvalue weighted by molar-refractivity contribution is 8.00. The van der Waals surface area contributed by atoms with Gasteiger partial charge in [-0.05, 0) is 70.6 Å². The van der Waals surface area contributed by atoms with Gasteiger partial charge in [-0.25, -0.2) is 4.79 Å². The van der Waals surface area contributed by atoms with Crippen molar-refractivity contribution in [3.63, 3.8) is 0 Å². The summed E-state index contributed by atoms with van der Waals surface area (Å²) in [7, 11) is 0. The van der Waals surface area contributed by atoms with Crippen molar-refractivity contribution in [3.8, 4) is 0 Å². The number of ketones is 1. The number of rotatable bonds is 12. The zero-order chi connectivity index (χ0) is 30.4. The molecule has 2 fully saturated rings. The van der Waals surface area contributed by atoms with Crippen LogP contribution >= 0.6 is 11.8 Å². The average molecular weight is 584 g/mol. The van der Waals surface area contributed by atoms with Gasteiger partial charge >= 0.3 is 12.1 Å². The lowest BCUT2D eigenvalue weighted by Gasteiger charge is -2.41. The number of nitrogens with one attached hydrogen (secondary N) is 1. The second-order valence-electron chi connectivity index (χ2n) is 13.5. The van der Waals surface area contributed by atoms with Crippen molar-refractivity contribution in [1.82, 2.24) is 5.32 Å². The molecule has 0 aromatic rings. The van der Waals surface area contributed by atoms with E-state index in [1.807, 2.05) is 34.6 Å². The molecule has 2 aliphatic rings. The molecule has 0 radical (unpaired) electrons. The summed E-state index contributed by atoms with van der Waals surface area (Å²) >= 11 is 1.38. The third-order valence-electron chi connectivity index (χ3n) is 8.75. The van der Waals surface area contributed by atoms with E-state index in [9.17, 15) is 24.6 Å². The van der Waals surface area contributed by atoms with Crippen LogP contribution in [0.5, 0.6) is 0 Å². The lowest BCUT2D eigenvalue weighted by atomic mass is 9.69. The Hall–Kier alpha value is -1.58. The quantitative estimate of drug-likeness (QED) is 0.209. The van der Waals surface area contributed by atoms with E-state index in [1.54, 1.807) is 26.8 Å². The van der Waals surface area contributed by atoms with E-state index in [1.165, 1.54) is 11.8 Å². The first-order valence-electron chi connectivity index (χ1n) is 14.8. The predicted octanol–water partition coefficient (Wildman–Crippen LogP) is 5.29. The third kappa shape index (κ3) is 9.76. The summed E-state index contributed by atoms with van der Waals surface area (Å²) < 4.78 is 11.2. The normalized spacial score (nSPS) is 29.3. The molecule has 0 aromatic carbocycles. The number of hydrogen-bond donors (Lipinski definition) is 3. The molecule has 2 saturated carbocycles. The van der Waals surface area contributed by atoms with Gasteiger partial charge in [-0.1, -0.05) is 40.7 Å². The SMILES string of the molecule is C=C[C@](C)(C[C@@H](OC(=O)CS[C@H]1CC[C@H](NC(=O)OC(C)(C)C)C[C@@H]1O)C(C)C)[C@@H](O)[C@H](C)[C@H]1CCC(=O)C1C. The number of aliphatic hydroxyl groups excluding tert-OH is 2. The first-order chi connectivity index (χ1) is 18.5. The van der Waals surface area contributed by atoms with Crippen molar-refractivity contribution in [1.29, 1.82) is 0 Å². The molecule has 0 saturated heterocycles. The zero-order valence-corrected chi connectivity index (χ0v) is 26.6. The number of ether oxygens (including phenoxy) is 2. The van der Waals surface area contributed by atoms with Crippen LogP contribution in [-0.4, -0.2) is 69.0 Å². The predicted molar refractivity (Wildman–Crippen MR) is 159 cm³/mol. The van der Waals surface area contributed by atoms with E-state index in [2.05, 4.69) is 11.9 Å². The Balaban J connectivity index is 1.90. The summed E-state index contributed by atoms with van der Waals surface area (Å²) in [6, 6.07) is -0.172. The minimum Gasteiger partial charge on any atom is -0.461 e. The van der Waals surface area contributed by atoms with Crippen molar-refractivity contribution < 1.29 is 34.1 Å². The average Bonchev–Trinajstić information content (AvgIpc) is 3.18. The zero-order valence-electron chi connectivity index (χ0n) is 25.8. The van der Waals surface area contributed by atoms with Gasteiger partial charge in [-0.15, -0.1) is 18.3 Å². The molecule has 2 rings (SSSR count). The van der Waals surface area contributed by atoms with Gasteiger partial charge in [0, 0.05) is 29.0 Å². The summed E-state index contributed by atoms with van der Waals surface area (Å²) in [5.41, 5.74) is -1.28. The van der Waals surface area contributed by atoms with Crippen LogP contribution in [0, 0.1) is 29.1 Å². The summed E-state index contributed by atoms with van der Waals surface area (Å²) in [6.07, 6.45) is 3.00. The molecule has 0 aromatic heterocycles. The van der Waals surface area contributed by atoms with Crippen molar-refractivity contribution in [2.75, 3.05) is 5.75 Å². The lowest BCUT2D eigenvalue weighted by Crippen LogP contribution is -2.45. The van der Waals surface area contributed by atoms with E-state index < -0.39 is 35.4 Å². The van der Waals surface area contributed by atoms with E-state index >= 15 is 0 Å². The number of Topliss-reactive ketones (excluding diaryl/α,β-unsaturated/α-hetero) is 1. The Morgan fingerprint density at radius 1 is 1.18 bits per heavy atom. The van der Waals surface area contributed by atoms with Gasteiger partial charge in [-0.2, -0.15) is 0 Å². The van der Waals surface area contributed by atoms with Crippen LogP contribution in [0.1, 0.15) is 93.9 Å². The topological polar surface area (TPSA) is 122 Å². The van der Waals surface area contributed by atoms with Crippen LogP contribution < -0.4 is 5.32 Å². The number of hydrogen-bond acceptors (Lipinski definition) is 8. The minimum atomic E-state index is -0.725. The number of aliphatic hydroxyl groups is 2. The molecular weight excluding hydrogens is 530 g/mol. The molecule has 3 N–H and O–H groups in total. The minimum absolute atomic E-state index is 0.0303.